The van der Waals surface area contributed by atoms with Crippen LogP contribution in [0.2, 0.25) is 0 Å². The lowest BCUT2D eigenvalue weighted by Gasteiger charge is -2.47. The molecular formula is C54H81N3O10. The summed E-state index contributed by atoms with van der Waals surface area (Å²) in [6.45, 7) is 15.2. The van der Waals surface area contributed by atoms with Gasteiger partial charge in [-0.15, -0.1) is 0 Å². The normalized spacial score (nSPS) is 35.6. The van der Waals surface area contributed by atoms with E-state index in [2.05, 4.69) is 66.3 Å². The smallest absolute Gasteiger partial charge is 0.329 e. The van der Waals surface area contributed by atoms with Crippen LogP contribution < -0.4 is 5.32 Å². The Kier molecular flexibility index (Phi) is 18.5. The Labute approximate surface area is 399 Å². The Balaban J connectivity index is 1.27. The van der Waals surface area contributed by atoms with Gasteiger partial charge in [0.1, 0.15) is 24.0 Å². The number of aryl methyl sites for hydroxylation is 1. The predicted octanol–water partition coefficient (Wildman–Crippen LogP) is 8.99. The van der Waals surface area contributed by atoms with E-state index in [1.807, 2.05) is 27.7 Å². The summed E-state index contributed by atoms with van der Waals surface area (Å²) in [7, 11) is 4.89. The van der Waals surface area contributed by atoms with Gasteiger partial charge in [0.2, 0.25) is 5.79 Å². The summed E-state index contributed by atoms with van der Waals surface area (Å²) in [5, 5.41) is 17.1. The monoisotopic (exact) mass is 932 g/mol. The van der Waals surface area contributed by atoms with Gasteiger partial charge in [-0.1, -0.05) is 52.3 Å². The summed E-state index contributed by atoms with van der Waals surface area (Å²) in [5.41, 5.74) is 4.26. The Bertz CT molecular complexity index is 2080. The highest BCUT2D eigenvalue weighted by Gasteiger charge is 2.56. The second kappa shape index (κ2) is 23.6. The average molecular weight is 932 g/mol. The molecule has 13 heteroatoms. The minimum atomic E-state index is -2.47. The molecule has 6 rings (SSSR count). The molecule has 1 aromatic carbocycles. The number of Topliss-reactive ketones (excluding diaryl/α,β-unsaturated/α-hetero) is 2. The summed E-state index contributed by atoms with van der Waals surface area (Å²) in [6, 6.07) is 7.78. The number of benzene rings is 1. The Hall–Kier alpha value is -3.88. The molecular weight excluding hydrogens is 851 g/mol. The van der Waals surface area contributed by atoms with Crippen molar-refractivity contribution in [1.82, 2.24) is 9.47 Å². The van der Waals surface area contributed by atoms with Crippen LogP contribution in [0.25, 0.3) is 10.9 Å². The number of nitrogens with zero attached hydrogens (tertiary/aromatic N) is 2. The van der Waals surface area contributed by atoms with E-state index in [0.29, 0.717) is 51.4 Å². The van der Waals surface area contributed by atoms with E-state index in [0.717, 1.165) is 49.1 Å². The molecule has 4 aliphatic rings. The maximum Gasteiger partial charge on any atom is 0.329 e. The zero-order chi connectivity index (χ0) is 48.6. The Morgan fingerprint density at radius 2 is 1.66 bits per heavy atom. The van der Waals surface area contributed by atoms with Gasteiger partial charge in [0.15, 0.2) is 0 Å². The third-order valence-corrected chi connectivity index (χ3v) is 15.4. The molecule has 0 spiro atoms. The van der Waals surface area contributed by atoms with Gasteiger partial charge >= 0.3 is 5.97 Å². The fraction of sp³-hybridized carbons (Fsp3) is 0.704. The molecule has 372 valence electrons. The van der Waals surface area contributed by atoms with E-state index >= 15 is 0 Å². The number of allylic oxidation sites excluding steroid dienone is 3. The van der Waals surface area contributed by atoms with Gasteiger partial charge < -0.3 is 43.6 Å². The third kappa shape index (κ3) is 12.3. The topological polar surface area (TPSA) is 155 Å². The predicted molar refractivity (Wildman–Crippen MR) is 260 cm³/mol. The van der Waals surface area contributed by atoms with Gasteiger partial charge in [-0.25, -0.2) is 4.79 Å². The molecule has 13 atom stereocenters. The lowest BCUT2D eigenvalue weighted by atomic mass is 9.81. The standard InChI is InChI=1S/C54H81N3O10/c1-11-23-56-25-22-40-32-41(18-20-43(40)56)55-42-19-17-38(31-46(42)63-8)29-36(6)49-35(5)16-21-45(58)39(12-2)27-33(3)26-34(4)28-47(64-9)50-48(65-10)30-37(7)54(62,67-50)51(59)52(60)57-24-14-13-15-44(57)53(61)66-49/h18,20,22,25,27,29,32,34-35,37-39,42,44,46-50,55,62H,11-17,19,21,23-24,26,28,30-31H2,1-10H3/b33-27+,36-29?. The van der Waals surface area contributed by atoms with Crippen LogP contribution >= 0.6 is 0 Å². The van der Waals surface area contributed by atoms with E-state index in [9.17, 15) is 24.3 Å². The van der Waals surface area contributed by atoms with Gasteiger partial charge in [-0.05, 0) is 138 Å². The third-order valence-electron chi connectivity index (χ3n) is 15.4. The zero-order valence-electron chi connectivity index (χ0n) is 42.1. The highest BCUT2D eigenvalue weighted by Crippen LogP contribution is 2.39. The first-order chi connectivity index (χ1) is 32.0. The van der Waals surface area contributed by atoms with Gasteiger partial charge in [-0.3, -0.25) is 14.4 Å². The molecule has 2 saturated heterocycles. The lowest BCUT2D eigenvalue weighted by Crippen LogP contribution is -2.64. The van der Waals surface area contributed by atoms with Crippen molar-refractivity contribution in [2.75, 3.05) is 33.2 Å². The summed E-state index contributed by atoms with van der Waals surface area (Å²) in [5.74, 6) is -6.05. The average Bonchev–Trinajstić information content (AvgIpc) is 3.72. The molecule has 3 fully saturated rings. The first-order valence-electron chi connectivity index (χ1n) is 25.3. The zero-order valence-corrected chi connectivity index (χ0v) is 42.1. The molecule has 2 N–H and O–H groups in total. The van der Waals surface area contributed by atoms with Crippen molar-refractivity contribution >= 4 is 40.0 Å². The number of fused-ring (bicyclic) bond motifs is 4. The lowest BCUT2D eigenvalue weighted by molar-refractivity contribution is -0.302. The van der Waals surface area contributed by atoms with Crippen LogP contribution in [0.5, 0.6) is 0 Å². The largest absolute Gasteiger partial charge is 0.456 e. The van der Waals surface area contributed by atoms with Gasteiger partial charge in [-0.2, -0.15) is 0 Å². The molecule has 1 amide bonds. The minimum absolute atomic E-state index is 0.0598. The molecule has 1 saturated carbocycles. The molecule has 3 aliphatic heterocycles. The van der Waals surface area contributed by atoms with Crippen LogP contribution in [-0.4, -0.2) is 114 Å². The maximum atomic E-state index is 14.6. The first kappa shape index (κ1) is 52.5. The van der Waals surface area contributed by atoms with Crippen LogP contribution in [0.1, 0.15) is 132 Å². The Morgan fingerprint density at radius 3 is 2.36 bits per heavy atom. The molecule has 4 heterocycles. The second-order valence-electron chi connectivity index (χ2n) is 20.5. The highest BCUT2D eigenvalue weighted by molar-refractivity contribution is 6.39. The molecule has 67 heavy (non-hydrogen) atoms. The van der Waals surface area contributed by atoms with Gasteiger partial charge in [0, 0.05) is 75.5 Å². The maximum absolute atomic E-state index is 14.6. The fourth-order valence-corrected chi connectivity index (χ4v) is 11.5. The number of amides is 1. The van der Waals surface area contributed by atoms with Crippen LogP contribution in [-0.2, 0) is 49.4 Å². The number of hydrogen-bond acceptors (Lipinski definition) is 11. The number of methoxy groups -OCH3 is 3. The SMILES string of the molecule is CCCn1ccc2cc(NC3CCC(C=C(C)C4OC(=O)C5CCCCN5C(=O)C(=O)C5(O)OC(C(OC)CC(C)C/C(C)=C/C(CC)C(=O)CCC4C)C(OC)CC5C)CC3OC)ccc21. The summed E-state index contributed by atoms with van der Waals surface area (Å²) in [4.78, 5) is 58.6. The molecule has 2 aromatic rings. The van der Waals surface area contributed by atoms with E-state index in [4.69, 9.17) is 23.7 Å². The van der Waals surface area contributed by atoms with Crippen molar-refractivity contribution in [1.29, 1.82) is 0 Å². The van der Waals surface area contributed by atoms with E-state index in [1.54, 1.807) is 28.3 Å². The van der Waals surface area contributed by atoms with Crippen molar-refractivity contribution in [2.24, 2.45) is 29.6 Å². The molecule has 13 unspecified atom stereocenters. The summed E-state index contributed by atoms with van der Waals surface area (Å²) in [6.07, 6.45) is 11.9. The molecule has 13 nitrogen and oxygen atoms in total. The molecule has 1 aliphatic carbocycles. The van der Waals surface area contributed by atoms with Crippen LogP contribution in [0.15, 0.2) is 53.8 Å². The number of carbonyl (C=O) groups excluding carboxylic acids is 4. The molecule has 0 radical (unpaired) electrons. The van der Waals surface area contributed by atoms with Crippen molar-refractivity contribution in [3.05, 3.63) is 53.8 Å². The number of piperidine rings is 1. The van der Waals surface area contributed by atoms with E-state index < -0.39 is 59.8 Å². The minimum Gasteiger partial charge on any atom is -0.456 e. The highest BCUT2D eigenvalue weighted by atomic mass is 16.7. The number of ether oxygens (including phenoxy) is 5. The number of rotatable bonds is 10. The quantitative estimate of drug-likeness (QED) is 0.133. The molecule has 1 aromatic heterocycles. The number of esters is 1. The number of carbonyl (C=O) groups is 4. The molecule has 2 bridgehead atoms. The van der Waals surface area contributed by atoms with E-state index in [-0.39, 0.29) is 54.6 Å². The number of hydrogen-bond donors (Lipinski definition) is 2. The van der Waals surface area contributed by atoms with Crippen LogP contribution in [0.4, 0.5) is 5.69 Å². The second-order valence-corrected chi connectivity index (χ2v) is 20.5. The number of ketones is 2. The van der Waals surface area contributed by atoms with Crippen molar-refractivity contribution < 1.29 is 48.0 Å². The fourth-order valence-electron chi connectivity index (χ4n) is 11.5. The van der Waals surface area contributed by atoms with Crippen molar-refractivity contribution in [3.63, 3.8) is 0 Å². The summed E-state index contributed by atoms with van der Waals surface area (Å²) >= 11 is 0. The Morgan fingerprint density at radius 1 is 0.925 bits per heavy atom. The number of aromatic nitrogens is 1. The van der Waals surface area contributed by atoms with E-state index in [1.165, 1.54) is 15.8 Å². The van der Waals surface area contributed by atoms with Gasteiger partial charge in [0.25, 0.3) is 11.7 Å². The number of anilines is 1. The van der Waals surface area contributed by atoms with Crippen LogP contribution in [0, 0.1) is 29.6 Å². The van der Waals surface area contributed by atoms with Crippen molar-refractivity contribution in [3.8, 4) is 0 Å². The van der Waals surface area contributed by atoms with Crippen molar-refractivity contribution in [2.45, 2.75) is 187 Å². The summed E-state index contributed by atoms with van der Waals surface area (Å²) < 4.78 is 33.1. The number of aliphatic hydroxyl groups is 1. The van der Waals surface area contributed by atoms with Gasteiger partial charge in [0.05, 0.1) is 24.4 Å². The number of cyclic esters (lactones) is 1. The number of nitrogens with one attached hydrogen (secondary N) is 1. The van der Waals surface area contributed by atoms with Crippen LogP contribution in [0.3, 0.4) is 0 Å². The first-order valence-corrected chi connectivity index (χ1v) is 25.3.